The molecule has 0 saturated carbocycles. The zero-order valence-electron chi connectivity index (χ0n) is 12.0. The van der Waals surface area contributed by atoms with E-state index in [0.717, 1.165) is 29.4 Å². The van der Waals surface area contributed by atoms with E-state index >= 15 is 0 Å². The molecule has 0 bridgehead atoms. The molecule has 1 heterocycles. The van der Waals surface area contributed by atoms with Crippen molar-refractivity contribution in [2.24, 2.45) is 0 Å². The average molecular weight is 312 g/mol. The minimum Gasteiger partial charge on any atom is -0.313 e. The van der Waals surface area contributed by atoms with Crippen molar-refractivity contribution in [3.8, 4) is 0 Å². The van der Waals surface area contributed by atoms with Crippen molar-refractivity contribution in [3.63, 3.8) is 0 Å². The van der Waals surface area contributed by atoms with E-state index in [-0.39, 0.29) is 0 Å². The van der Waals surface area contributed by atoms with E-state index in [9.17, 15) is 0 Å². The first-order chi connectivity index (χ1) is 9.52. The van der Waals surface area contributed by atoms with Crippen LogP contribution < -0.4 is 5.32 Å². The number of benzene rings is 1. The molecule has 0 saturated heterocycles. The molecule has 0 aliphatic rings. The van der Waals surface area contributed by atoms with Crippen molar-refractivity contribution >= 4 is 23.2 Å². The number of aryl methyl sites for hydroxylation is 1. The van der Waals surface area contributed by atoms with Gasteiger partial charge in [-0.25, -0.2) is 0 Å². The van der Waals surface area contributed by atoms with Gasteiger partial charge in [-0.15, -0.1) is 0 Å². The Morgan fingerprint density at radius 1 is 1.25 bits per heavy atom. The number of halogens is 2. The van der Waals surface area contributed by atoms with E-state index in [4.69, 9.17) is 23.2 Å². The second-order valence-electron chi connectivity index (χ2n) is 4.82. The number of hydrogen-bond donors (Lipinski definition) is 1. The Labute approximate surface area is 129 Å². The van der Waals surface area contributed by atoms with E-state index in [1.54, 1.807) is 6.07 Å². The highest BCUT2D eigenvalue weighted by Gasteiger charge is 2.12. The van der Waals surface area contributed by atoms with Gasteiger partial charge in [-0.3, -0.25) is 4.68 Å². The van der Waals surface area contributed by atoms with Crippen LogP contribution in [-0.2, 0) is 13.1 Å². The van der Waals surface area contributed by atoms with Crippen LogP contribution in [-0.4, -0.2) is 16.3 Å². The van der Waals surface area contributed by atoms with Gasteiger partial charge >= 0.3 is 0 Å². The summed E-state index contributed by atoms with van der Waals surface area (Å²) in [5.74, 6) is 0. The van der Waals surface area contributed by atoms with Crippen molar-refractivity contribution in [2.75, 3.05) is 6.54 Å². The standard InChI is InChI=1S/C15H19Cl2N3/c1-4-18-8-14-10(2)19-20(11(14)3)9-12-7-13(16)5-6-15(12)17/h5-7,18H,4,8-9H2,1-3H3. The lowest BCUT2D eigenvalue weighted by molar-refractivity contribution is 0.655. The zero-order valence-corrected chi connectivity index (χ0v) is 13.5. The lowest BCUT2D eigenvalue weighted by Gasteiger charge is -2.08. The van der Waals surface area contributed by atoms with Crippen molar-refractivity contribution in [1.82, 2.24) is 15.1 Å². The molecule has 0 radical (unpaired) electrons. The first-order valence-corrected chi connectivity index (χ1v) is 7.46. The lowest BCUT2D eigenvalue weighted by Crippen LogP contribution is -2.13. The molecule has 20 heavy (non-hydrogen) atoms. The number of nitrogens with zero attached hydrogens (tertiary/aromatic N) is 2. The Balaban J connectivity index is 2.27. The van der Waals surface area contributed by atoms with Crippen LogP contribution in [0.4, 0.5) is 0 Å². The van der Waals surface area contributed by atoms with Crippen LogP contribution in [0.3, 0.4) is 0 Å². The first kappa shape index (κ1) is 15.4. The normalized spacial score (nSPS) is 11.1. The fourth-order valence-corrected chi connectivity index (χ4v) is 2.59. The van der Waals surface area contributed by atoms with E-state index < -0.39 is 0 Å². The van der Waals surface area contributed by atoms with Gasteiger partial charge in [-0.1, -0.05) is 30.1 Å². The molecular formula is C15H19Cl2N3. The quantitative estimate of drug-likeness (QED) is 0.905. The summed E-state index contributed by atoms with van der Waals surface area (Å²) in [7, 11) is 0. The predicted octanol–water partition coefficient (Wildman–Crippen LogP) is 3.96. The molecule has 1 aromatic carbocycles. The van der Waals surface area contributed by atoms with E-state index in [1.807, 2.05) is 23.7 Å². The van der Waals surface area contributed by atoms with Crippen molar-refractivity contribution < 1.29 is 0 Å². The molecule has 0 spiro atoms. The van der Waals surface area contributed by atoms with Gasteiger partial charge in [0.2, 0.25) is 0 Å². The van der Waals surface area contributed by atoms with Crippen LogP contribution in [0, 0.1) is 13.8 Å². The fourth-order valence-electron chi connectivity index (χ4n) is 2.22. The molecule has 1 aromatic heterocycles. The molecule has 0 amide bonds. The van der Waals surface area contributed by atoms with Crippen LogP contribution in [0.15, 0.2) is 18.2 Å². The molecule has 1 N–H and O–H groups in total. The summed E-state index contributed by atoms with van der Waals surface area (Å²) < 4.78 is 1.99. The number of aromatic nitrogens is 2. The number of rotatable bonds is 5. The van der Waals surface area contributed by atoms with Gasteiger partial charge in [0.05, 0.1) is 12.2 Å². The highest BCUT2D eigenvalue weighted by molar-refractivity contribution is 6.33. The zero-order chi connectivity index (χ0) is 14.7. The van der Waals surface area contributed by atoms with Gasteiger partial charge < -0.3 is 5.32 Å². The Morgan fingerprint density at radius 2 is 2.00 bits per heavy atom. The third-order valence-electron chi connectivity index (χ3n) is 3.41. The maximum Gasteiger partial charge on any atom is 0.0677 e. The minimum atomic E-state index is 0.637. The molecule has 3 nitrogen and oxygen atoms in total. The molecule has 0 aliphatic heterocycles. The van der Waals surface area contributed by atoms with Gasteiger partial charge in [0.25, 0.3) is 0 Å². The third-order valence-corrected chi connectivity index (χ3v) is 4.01. The van der Waals surface area contributed by atoms with Crippen LogP contribution in [0.25, 0.3) is 0 Å². The third kappa shape index (κ3) is 3.35. The molecule has 0 aliphatic carbocycles. The Bertz CT molecular complexity index is 605. The molecule has 5 heteroatoms. The van der Waals surface area contributed by atoms with E-state index in [1.165, 1.54) is 11.3 Å². The summed E-state index contributed by atoms with van der Waals surface area (Å²) in [5.41, 5.74) is 4.46. The van der Waals surface area contributed by atoms with Crippen molar-refractivity contribution in [2.45, 2.75) is 33.9 Å². The van der Waals surface area contributed by atoms with Crippen LogP contribution in [0.2, 0.25) is 10.0 Å². The summed E-state index contributed by atoms with van der Waals surface area (Å²) in [6.45, 7) is 8.65. The van der Waals surface area contributed by atoms with Crippen LogP contribution in [0.5, 0.6) is 0 Å². The van der Waals surface area contributed by atoms with Crippen molar-refractivity contribution in [1.29, 1.82) is 0 Å². The molecule has 0 unspecified atom stereocenters. The Kier molecular flexibility index (Phi) is 5.08. The minimum absolute atomic E-state index is 0.637. The molecule has 2 rings (SSSR count). The first-order valence-electron chi connectivity index (χ1n) is 6.70. The maximum atomic E-state index is 6.22. The van der Waals surface area contributed by atoms with Gasteiger partial charge in [0, 0.05) is 27.8 Å². The summed E-state index contributed by atoms with van der Waals surface area (Å²) in [4.78, 5) is 0. The van der Waals surface area contributed by atoms with Gasteiger partial charge in [0.1, 0.15) is 0 Å². The predicted molar refractivity (Wildman–Crippen MR) is 84.6 cm³/mol. The number of nitrogens with one attached hydrogen (secondary N) is 1. The molecule has 2 aromatic rings. The van der Waals surface area contributed by atoms with Crippen molar-refractivity contribution in [3.05, 3.63) is 50.8 Å². The second-order valence-corrected chi connectivity index (χ2v) is 5.67. The second kappa shape index (κ2) is 6.61. The van der Waals surface area contributed by atoms with E-state index in [2.05, 4.69) is 24.3 Å². The largest absolute Gasteiger partial charge is 0.313 e. The lowest BCUT2D eigenvalue weighted by atomic mass is 10.2. The highest BCUT2D eigenvalue weighted by Crippen LogP contribution is 2.23. The van der Waals surface area contributed by atoms with Gasteiger partial charge in [-0.05, 0) is 44.2 Å². The molecule has 108 valence electrons. The topological polar surface area (TPSA) is 29.9 Å². The van der Waals surface area contributed by atoms with Gasteiger partial charge in [0.15, 0.2) is 0 Å². The molecular weight excluding hydrogens is 293 g/mol. The fraction of sp³-hybridized carbons (Fsp3) is 0.400. The number of hydrogen-bond acceptors (Lipinski definition) is 2. The van der Waals surface area contributed by atoms with E-state index in [0.29, 0.717) is 11.6 Å². The summed E-state index contributed by atoms with van der Waals surface area (Å²) >= 11 is 12.2. The highest BCUT2D eigenvalue weighted by atomic mass is 35.5. The maximum absolute atomic E-state index is 6.22. The Morgan fingerprint density at radius 3 is 2.70 bits per heavy atom. The molecule has 0 atom stereocenters. The van der Waals surface area contributed by atoms with Gasteiger partial charge in [-0.2, -0.15) is 5.10 Å². The Hall–Kier alpha value is -1.03. The monoisotopic (exact) mass is 311 g/mol. The summed E-state index contributed by atoms with van der Waals surface area (Å²) in [6.07, 6.45) is 0. The molecule has 0 fully saturated rings. The average Bonchev–Trinajstić information content (AvgIpc) is 2.67. The summed E-state index contributed by atoms with van der Waals surface area (Å²) in [6, 6.07) is 5.51. The van der Waals surface area contributed by atoms with Crippen LogP contribution in [0.1, 0.15) is 29.4 Å². The summed E-state index contributed by atoms with van der Waals surface area (Å²) in [5, 5.41) is 9.36. The smallest absolute Gasteiger partial charge is 0.0677 e. The SMILES string of the molecule is CCNCc1c(C)nn(Cc2cc(Cl)ccc2Cl)c1C. The van der Waals surface area contributed by atoms with Crippen LogP contribution >= 0.6 is 23.2 Å².